The Balaban J connectivity index is 4.29. The molecular weight excluding hydrogens is 601 g/mol. The van der Waals surface area contributed by atoms with E-state index in [4.69, 9.17) is 18.5 Å². The smallest absolute Gasteiger partial charge is 0.457 e. The van der Waals surface area contributed by atoms with E-state index >= 15 is 0 Å². The molecule has 0 aliphatic heterocycles. The summed E-state index contributed by atoms with van der Waals surface area (Å²) in [7, 11) is 1.66. The molecule has 9 heteroatoms. The summed E-state index contributed by atoms with van der Waals surface area (Å²) in [4.78, 5) is 22.7. The zero-order valence-electron chi connectivity index (χ0n) is 30.6. The van der Waals surface area contributed by atoms with Crippen LogP contribution in [0, 0.1) is 0 Å². The Morgan fingerprint density at radius 2 is 1.20 bits per heavy atom. The van der Waals surface area contributed by atoms with Gasteiger partial charge in [-0.15, -0.1) is 0 Å². The van der Waals surface area contributed by atoms with Crippen molar-refractivity contribution in [1.82, 2.24) is 0 Å². The lowest BCUT2D eigenvalue weighted by Crippen LogP contribution is -2.37. The Labute approximate surface area is 283 Å². The van der Waals surface area contributed by atoms with E-state index in [9.17, 15) is 14.3 Å². The van der Waals surface area contributed by atoms with E-state index in [-0.39, 0.29) is 25.8 Å². The summed E-state index contributed by atoms with van der Waals surface area (Å²) in [6.45, 7) is 5.56. The molecule has 0 aromatic rings. The van der Waals surface area contributed by atoms with E-state index in [1.165, 1.54) is 70.6 Å². The van der Waals surface area contributed by atoms with Crippen molar-refractivity contribution in [3.63, 3.8) is 0 Å². The van der Waals surface area contributed by atoms with Crippen LogP contribution in [0.1, 0.15) is 149 Å². The zero-order chi connectivity index (χ0) is 34.2. The van der Waals surface area contributed by atoms with Gasteiger partial charge in [-0.3, -0.25) is 13.8 Å². The summed E-state index contributed by atoms with van der Waals surface area (Å²) in [6, 6.07) is 0. The zero-order valence-corrected chi connectivity index (χ0v) is 31.5. The van der Waals surface area contributed by atoms with Gasteiger partial charge in [0, 0.05) is 13.0 Å². The van der Waals surface area contributed by atoms with Gasteiger partial charge < -0.3 is 18.9 Å². The first-order valence-electron chi connectivity index (χ1n) is 18.6. The quantitative estimate of drug-likeness (QED) is 0.0239. The van der Waals surface area contributed by atoms with Crippen LogP contribution in [-0.4, -0.2) is 75.6 Å². The third kappa shape index (κ3) is 34.3. The number of carbonyl (C=O) groups excluding carboxylic acids is 1. The van der Waals surface area contributed by atoms with Gasteiger partial charge in [-0.05, 0) is 44.9 Å². The summed E-state index contributed by atoms with van der Waals surface area (Å²) < 4.78 is 34.7. The normalized spacial score (nSPS) is 14.3. The maximum Gasteiger partial charge on any atom is 0.472 e. The van der Waals surface area contributed by atoms with E-state index in [1.54, 1.807) is 0 Å². The molecule has 0 fully saturated rings. The number of phosphoric acid groups is 1. The molecule has 2 unspecified atom stereocenters. The third-order valence-corrected chi connectivity index (χ3v) is 8.75. The maximum absolute atomic E-state index is 12.6. The second kappa shape index (κ2) is 31.3. The maximum atomic E-state index is 12.6. The van der Waals surface area contributed by atoms with E-state index in [1.807, 2.05) is 21.1 Å². The van der Waals surface area contributed by atoms with Crippen molar-refractivity contribution >= 4 is 13.8 Å². The fourth-order valence-electron chi connectivity index (χ4n) is 4.82. The first kappa shape index (κ1) is 45.0. The number of ether oxygens (including phenoxy) is 2. The highest BCUT2D eigenvalue weighted by Crippen LogP contribution is 2.43. The fourth-order valence-corrected chi connectivity index (χ4v) is 5.56. The van der Waals surface area contributed by atoms with E-state index < -0.39 is 13.9 Å². The van der Waals surface area contributed by atoms with Gasteiger partial charge in [0.05, 0.1) is 34.4 Å². The molecule has 0 aliphatic carbocycles. The number of nitrogens with zero attached hydrogens (tertiary/aromatic N) is 1. The van der Waals surface area contributed by atoms with Gasteiger partial charge in [0.1, 0.15) is 19.3 Å². The topological polar surface area (TPSA) is 91.3 Å². The Hall–Kier alpha value is -1.02. The summed E-state index contributed by atoms with van der Waals surface area (Å²) in [5.74, 6) is -0.329. The largest absolute Gasteiger partial charge is 0.472 e. The standard InChI is InChI=1S/C37H72NO7P/c1-6-8-10-12-14-16-17-18-19-20-21-22-23-24-26-28-30-37(39)45-36(34-42-32-29-27-25-15-13-11-9-7-2)35-44-46(40,41)43-33-31-38(3,4)5/h16-17,19-20,36H,6-15,18,21-35H2,1-5H3/p+1/b17-16-,20-19-. The molecule has 0 amide bonds. The molecule has 0 heterocycles. The Morgan fingerprint density at radius 3 is 1.78 bits per heavy atom. The molecule has 272 valence electrons. The predicted octanol–water partition coefficient (Wildman–Crippen LogP) is 10.1. The minimum atomic E-state index is -4.26. The lowest BCUT2D eigenvalue weighted by atomic mass is 10.1. The molecule has 1 N–H and O–H groups in total. The fraction of sp³-hybridized carbons (Fsp3) is 0.865. The van der Waals surface area contributed by atoms with Crippen LogP contribution in [0.25, 0.3) is 0 Å². The molecule has 0 aliphatic rings. The van der Waals surface area contributed by atoms with Crippen molar-refractivity contribution in [2.24, 2.45) is 0 Å². The number of likely N-dealkylation sites (N-methyl/N-ethyl adjacent to an activating group) is 1. The van der Waals surface area contributed by atoms with Crippen LogP contribution in [0.3, 0.4) is 0 Å². The Kier molecular flexibility index (Phi) is 30.6. The number of phosphoric ester groups is 1. The van der Waals surface area contributed by atoms with Crippen LogP contribution in [-0.2, 0) is 27.9 Å². The highest BCUT2D eigenvalue weighted by Gasteiger charge is 2.26. The molecule has 0 bridgehead atoms. The van der Waals surface area contributed by atoms with Gasteiger partial charge in [-0.25, -0.2) is 4.57 Å². The van der Waals surface area contributed by atoms with E-state index in [0.717, 1.165) is 57.8 Å². The number of hydrogen-bond acceptors (Lipinski definition) is 6. The second-order valence-electron chi connectivity index (χ2n) is 13.6. The summed E-state index contributed by atoms with van der Waals surface area (Å²) in [5.41, 5.74) is 0. The van der Waals surface area contributed by atoms with Gasteiger partial charge in [-0.2, -0.15) is 0 Å². The number of quaternary nitrogens is 1. The number of hydrogen-bond donors (Lipinski definition) is 1. The SMILES string of the molecule is CCCCCC/C=C\C/C=C\CCCCCCCC(=O)OC(COCCCCCCCCCC)COP(=O)(O)OCC[N+](C)(C)C. The average molecular weight is 675 g/mol. The van der Waals surface area contributed by atoms with Crippen molar-refractivity contribution < 1.29 is 37.3 Å². The van der Waals surface area contributed by atoms with Gasteiger partial charge in [-0.1, -0.05) is 122 Å². The van der Waals surface area contributed by atoms with Gasteiger partial charge in [0.25, 0.3) is 0 Å². The molecule has 0 saturated heterocycles. The van der Waals surface area contributed by atoms with Crippen LogP contribution >= 0.6 is 7.82 Å². The Bertz CT molecular complexity index is 797. The molecule has 0 spiro atoms. The summed E-state index contributed by atoms with van der Waals surface area (Å²) >= 11 is 0. The van der Waals surface area contributed by atoms with Crippen LogP contribution in [0.4, 0.5) is 0 Å². The van der Waals surface area contributed by atoms with Crippen molar-refractivity contribution in [3.8, 4) is 0 Å². The van der Waals surface area contributed by atoms with Crippen molar-refractivity contribution in [1.29, 1.82) is 0 Å². The molecule has 0 aromatic carbocycles. The van der Waals surface area contributed by atoms with Crippen LogP contribution in [0.2, 0.25) is 0 Å². The highest BCUT2D eigenvalue weighted by atomic mass is 31.2. The molecule has 0 saturated carbocycles. The molecule has 8 nitrogen and oxygen atoms in total. The molecule has 0 aromatic heterocycles. The predicted molar refractivity (Wildman–Crippen MR) is 192 cm³/mol. The van der Waals surface area contributed by atoms with E-state index in [2.05, 4.69) is 38.2 Å². The number of carbonyl (C=O) groups is 1. The molecule has 46 heavy (non-hydrogen) atoms. The van der Waals surface area contributed by atoms with Crippen LogP contribution < -0.4 is 0 Å². The van der Waals surface area contributed by atoms with Crippen LogP contribution in [0.15, 0.2) is 24.3 Å². The van der Waals surface area contributed by atoms with Crippen molar-refractivity contribution in [3.05, 3.63) is 24.3 Å². The molecule has 2 atom stereocenters. The van der Waals surface area contributed by atoms with Gasteiger partial charge in [0.15, 0.2) is 0 Å². The molecule has 0 radical (unpaired) electrons. The van der Waals surface area contributed by atoms with Gasteiger partial charge >= 0.3 is 13.8 Å². The van der Waals surface area contributed by atoms with Gasteiger partial charge in [0.2, 0.25) is 0 Å². The summed E-state index contributed by atoms with van der Waals surface area (Å²) in [5, 5.41) is 0. The first-order chi connectivity index (χ1) is 22.1. The lowest BCUT2D eigenvalue weighted by molar-refractivity contribution is -0.870. The lowest BCUT2D eigenvalue weighted by Gasteiger charge is -2.24. The highest BCUT2D eigenvalue weighted by molar-refractivity contribution is 7.47. The second-order valence-corrected chi connectivity index (χ2v) is 15.1. The number of allylic oxidation sites excluding steroid dienone is 4. The van der Waals surface area contributed by atoms with Crippen molar-refractivity contribution in [2.75, 3.05) is 54.1 Å². The third-order valence-electron chi connectivity index (χ3n) is 7.77. The van der Waals surface area contributed by atoms with Crippen molar-refractivity contribution in [2.45, 2.75) is 155 Å². The van der Waals surface area contributed by atoms with Crippen LogP contribution in [0.5, 0.6) is 0 Å². The van der Waals surface area contributed by atoms with E-state index in [0.29, 0.717) is 24.1 Å². The monoisotopic (exact) mass is 675 g/mol. The minimum Gasteiger partial charge on any atom is -0.457 e. The molecular formula is C37H73NO7P+. The Morgan fingerprint density at radius 1 is 0.674 bits per heavy atom. The minimum absolute atomic E-state index is 0.0869. The molecule has 0 rings (SSSR count). The number of esters is 1. The summed E-state index contributed by atoms with van der Waals surface area (Å²) in [6.07, 6.45) is 32.0. The number of rotatable bonds is 34. The number of unbranched alkanes of at least 4 members (excludes halogenated alkanes) is 16. The average Bonchev–Trinajstić information content (AvgIpc) is 2.99. The first-order valence-corrected chi connectivity index (χ1v) is 20.1.